The van der Waals surface area contributed by atoms with Crippen molar-refractivity contribution < 1.29 is 0 Å². The molecule has 0 unspecified atom stereocenters. The minimum atomic E-state index is 0.560. The van der Waals surface area contributed by atoms with Crippen molar-refractivity contribution in [3.05, 3.63) is 36.0 Å². The molecule has 23 heavy (non-hydrogen) atoms. The molecular formula is C18H23N5. The van der Waals surface area contributed by atoms with E-state index in [2.05, 4.69) is 49.8 Å². The van der Waals surface area contributed by atoms with Gasteiger partial charge in [-0.05, 0) is 56.9 Å². The summed E-state index contributed by atoms with van der Waals surface area (Å²) in [5.41, 5.74) is 3.34. The molecule has 120 valence electrons. The molecule has 2 aliphatic rings. The van der Waals surface area contributed by atoms with Gasteiger partial charge in [0.05, 0.1) is 0 Å². The molecule has 0 spiro atoms. The summed E-state index contributed by atoms with van der Waals surface area (Å²) in [4.78, 5) is 11.5. The van der Waals surface area contributed by atoms with Crippen LogP contribution < -0.4 is 15.5 Å². The van der Waals surface area contributed by atoms with Gasteiger partial charge in [0.1, 0.15) is 5.82 Å². The number of anilines is 4. The Kier molecular flexibility index (Phi) is 3.77. The van der Waals surface area contributed by atoms with Gasteiger partial charge < -0.3 is 15.5 Å². The zero-order valence-electron chi connectivity index (χ0n) is 13.5. The number of hydrogen-bond donors (Lipinski definition) is 2. The summed E-state index contributed by atoms with van der Waals surface area (Å²) in [5, 5.41) is 6.75. The highest BCUT2D eigenvalue weighted by Crippen LogP contribution is 2.26. The monoisotopic (exact) mass is 309 g/mol. The average molecular weight is 309 g/mol. The van der Waals surface area contributed by atoms with Gasteiger partial charge in [-0.2, -0.15) is 4.98 Å². The summed E-state index contributed by atoms with van der Waals surface area (Å²) in [6.07, 6.45) is 5.05. The fourth-order valence-corrected chi connectivity index (χ4v) is 2.99. The van der Waals surface area contributed by atoms with Crippen molar-refractivity contribution in [1.82, 2.24) is 9.97 Å². The molecule has 1 aliphatic carbocycles. The number of hydrogen-bond acceptors (Lipinski definition) is 5. The van der Waals surface area contributed by atoms with E-state index in [9.17, 15) is 0 Å². The molecule has 0 bridgehead atoms. The summed E-state index contributed by atoms with van der Waals surface area (Å²) in [7, 11) is 0. The Morgan fingerprint density at radius 2 is 1.78 bits per heavy atom. The van der Waals surface area contributed by atoms with Crippen LogP contribution in [0.5, 0.6) is 0 Å². The summed E-state index contributed by atoms with van der Waals surface area (Å²) in [6.45, 7) is 4.35. The first kappa shape index (κ1) is 14.3. The lowest BCUT2D eigenvalue weighted by molar-refractivity contribution is 0.949. The molecule has 0 radical (unpaired) electrons. The largest absolute Gasteiger partial charge is 0.372 e. The van der Waals surface area contributed by atoms with Gasteiger partial charge in [-0.1, -0.05) is 0 Å². The van der Waals surface area contributed by atoms with Crippen molar-refractivity contribution in [2.45, 2.75) is 38.6 Å². The Morgan fingerprint density at radius 3 is 2.48 bits per heavy atom. The van der Waals surface area contributed by atoms with Gasteiger partial charge in [0, 0.05) is 42.3 Å². The van der Waals surface area contributed by atoms with Gasteiger partial charge in [-0.25, -0.2) is 4.98 Å². The van der Waals surface area contributed by atoms with E-state index in [1.165, 1.54) is 44.5 Å². The van der Waals surface area contributed by atoms with Crippen molar-refractivity contribution in [3.8, 4) is 0 Å². The van der Waals surface area contributed by atoms with Crippen LogP contribution in [-0.4, -0.2) is 29.1 Å². The van der Waals surface area contributed by atoms with E-state index >= 15 is 0 Å². The third kappa shape index (κ3) is 3.55. The second-order valence-corrected chi connectivity index (χ2v) is 6.50. The molecule has 2 fully saturated rings. The molecule has 4 rings (SSSR count). The maximum Gasteiger partial charge on any atom is 0.225 e. The minimum absolute atomic E-state index is 0.560. The van der Waals surface area contributed by atoms with Crippen molar-refractivity contribution in [3.63, 3.8) is 0 Å². The van der Waals surface area contributed by atoms with Gasteiger partial charge in [0.2, 0.25) is 5.95 Å². The third-order valence-electron chi connectivity index (χ3n) is 4.38. The number of nitrogens with zero attached hydrogens (tertiary/aromatic N) is 3. The molecule has 2 aromatic rings. The molecule has 1 saturated carbocycles. The van der Waals surface area contributed by atoms with Gasteiger partial charge in [-0.15, -0.1) is 0 Å². The van der Waals surface area contributed by atoms with E-state index < -0.39 is 0 Å². The molecule has 2 heterocycles. The van der Waals surface area contributed by atoms with Gasteiger partial charge >= 0.3 is 0 Å². The van der Waals surface area contributed by atoms with E-state index in [0.717, 1.165) is 23.1 Å². The van der Waals surface area contributed by atoms with Crippen LogP contribution in [0.25, 0.3) is 0 Å². The number of nitrogens with one attached hydrogen (secondary N) is 2. The lowest BCUT2D eigenvalue weighted by Gasteiger charge is -2.18. The van der Waals surface area contributed by atoms with Crippen molar-refractivity contribution in [2.24, 2.45) is 0 Å². The van der Waals surface area contributed by atoms with Crippen LogP contribution in [-0.2, 0) is 0 Å². The molecule has 1 aromatic heterocycles. The van der Waals surface area contributed by atoms with Crippen LogP contribution in [0.1, 0.15) is 31.4 Å². The van der Waals surface area contributed by atoms with Crippen LogP contribution in [0.3, 0.4) is 0 Å². The number of benzene rings is 1. The van der Waals surface area contributed by atoms with Crippen LogP contribution in [0.15, 0.2) is 30.3 Å². The first-order chi connectivity index (χ1) is 11.3. The van der Waals surface area contributed by atoms with Crippen molar-refractivity contribution >= 4 is 23.1 Å². The van der Waals surface area contributed by atoms with Gasteiger partial charge in [0.25, 0.3) is 0 Å². The van der Waals surface area contributed by atoms with E-state index in [0.29, 0.717) is 6.04 Å². The second-order valence-electron chi connectivity index (χ2n) is 6.50. The van der Waals surface area contributed by atoms with E-state index in [1.807, 2.05) is 13.0 Å². The summed E-state index contributed by atoms with van der Waals surface area (Å²) < 4.78 is 0. The summed E-state index contributed by atoms with van der Waals surface area (Å²) in [6, 6.07) is 11.2. The van der Waals surface area contributed by atoms with Crippen LogP contribution >= 0.6 is 0 Å². The normalized spacial score (nSPS) is 17.3. The predicted molar refractivity (Wildman–Crippen MR) is 94.6 cm³/mol. The maximum atomic E-state index is 4.57. The first-order valence-electron chi connectivity index (χ1n) is 8.50. The Labute approximate surface area is 137 Å². The van der Waals surface area contributed by atoms with E-state index in [-0.39, 0.29) is 0 Å². The molecule has 1 aromatic carbocycles. The molecule has 5 heteroatoms. The van der Waals surface area contributed by atoms with E-state index in [4.69, 9.17) is 0 Å². The van der Waals surface area contributed by atoms with Gasteiger partial charge in [0.15, 0.2) is 0 Å². The molecule has 2 N–H and O–H groups in total. The topological polar surface area (TPSA) is 53.1 Å². The van der Waals surface area contributed by atoms with Crippen LogP contribution in [0.2, 0.25) is 0 Å². The Hall–Kier alpha value is -2.30. The van der Waals surface area contributed by atoms with Crippen LogP contribution in [0, 0.1) is 6.92 Å². The molecule has 1 saturated heterocycles. The fraction of sp³-hybridized carbons (Fsp3) is 0.444. The van der Waals surface area contributed by atoms with Crippen molar-refractivity contribution in [2.75, 3.05) is 28.6 Å². The SMILES string of the molecule is Cc1cc(Nc2ccc(N3CCCC3)cc2)nc(NC2CC2)n1. The molecule has 1 aliphatic heterocycles. The zero-order valence-corrected chi connectivity index (χ0v) is 13.5. The lowest BCUT2D eigenvalue weighted by atomic mass is 10.2. The smallest absolute Gasteiger partial charge is 0.225 e. The molecule has 0 atom stereocenters. The Morgan fingerprint density at radius 1 is 1.04 bits per heavy atom. The second kappa shape index (κ2) is 6.07. The quantitative estimate of drug-likeness (QED) is 0.882. The first-order valence-corrected chi connectivity index (χ1v) is 8.50. The van der Waals surface area contributed by atoms with E-state index in [1.54, 1.807) is 0 Å². The highest BCUT2D eigenvalue weighted by molar-refractivity contribution is 5.61. The fourth-order valence-electron chi connectivity index (χ4n) is 2.99. The Balaban J connectivity index is 1.47. The lowest BCUT2D eigenvalue weighted by Crippen LogP contribution is -2.17. The van der Waals surface area contributed by atoms with Crippen LogP contribution in [0.4, 0.5) is 23.1 Å². The molecule has 5 nitrogen and oxygen atoms in total. The average Bonchev–Trinajstić information content (AvgIpc) is 3.17. The highest BCUT2D eigenvalue weighted by atomic mass is 15.2. The maximum absolute atomic E-state index is 4.57. The highest BCUT2D eigenvalue weighted by Gasteiger charge is 2.22. The van der Waals surface area contributed by atoms with Crippen molar-refractivity contribution in [1.29, 1.82) is 0 Å². The van der Waals surface area contributed by atoms with Gasteiger partial charge in [-0.3, -0.25) is 0 Å². The predicted octanol–water partition coefficient (Wildman–Crippen LogP) is 3.70. The Bertz CT molecular complexity index is 672. The number of aryl methyl sites for hydroxylation is 1. The third-order valence-corrected chi connectivity index (χ3v) is 4.38. The standard InChI is InChI=1S/C18H23N5/c1-13-12-17(22-18(19-13)21-15-4-5-15)20-14-6-8-16(9-7-14)23-10-2-3-11-23/h6-9,12,15H,2-5,10-11H2,1H3,(H2,19,20,21,22). The molecule has 0 amide bonds. The summed E-state index contributed by atoms with van der Waals surface area (Å²) in [5.74, 6) is 1.57. The number of rotatable bonds is 5. The minimum Gasteiger partial charge on any atom is -0.372 e. The molecular weight excluding hydrogens is 286 g/mol. The number of aromatic nitrogens is 2. The summed E-state index contributed by atoms with van der Waals surface area (Å²) >= 11 is 0. The zero-order chi connectivity index (χ0) is 15.6.